The Balaban J connectivity index is 1.29. The Morgan fingerprint density at radius 2 is 1.90 bits per heavy atom. The number of aromatic nitrogens is 2. The molecule has 1 saturated carbocycles. The SMILES string of the molecule is CN(C)c1nc(N[C@H]2CC[C@@H](CNC(=O)c3cccc(I)c3)CC2)nc2c1CCCC2. The van der Waals surface area contributed by atoms with Crippen LogP contribution in [-0.2, 0) is 12.8 Å². The second kappa shape index (κ2) is 10.1. The van der Waals surface area contributed by atoms with E-state index >= 15 is 0 Å². The smallest absolute Gasteiger partial charge is 0.251 e. The van der Waals surface area contributed by atoms with Crippen molar-refractivity contribution < 1.29 is 4.79 Å². The number of amides is 1. The largest absolute Gasteiger partial charge is 0.362 e. The van der Waals surface area contributed by atoms with Gasteiger partial charge in [0.05, 0.1) is 5.69 Å². The molecule has 0 unspecified atom stereocenters. The number of fused-ring (bicyclic) bond motifs is 1. The summed E-state index contributed by atoms with van der Waals surface area (Å²) in [6.07, 6.45) is 8.97. The third-order valence-electron chi connectivity index (χ3n) is 6.40. The summed E-state index contributed by atoms with van der Waals surface area (Å²) in [5, 5.41) is 6.73. The first-order valence-corrected chi connectivity index (χ1v) is 12.4. The Hall–Kier alpha value is -1.90. The summed E-state index contributed by atoms with van der Waals surface area (Å²) in [5.41, 5.74) is 3.29. The molecular weight excluding hydrogens is 501 g/mol. The van der Waals surface area contributed by atoms with Crippen LogP contribution in [0.3, 0.4) is 0 Å². The number of anilines is 2. The maximum Gasteiger partial charge on any atom is 0.251 e. The molecule has 2 aliphatic rings. The maximum absolute atomic E-state index is 12.4. The van der Waals surface area contributed by atoms with Crippen molar-refractivity contribution in [2.75, 3.05) is 30.9 Å². The minimum absolute atomic E-state index is 0.0254. The number of benzene rings is 1. The van der Waals surface area contributed by atoms with E-state index < -0.39 is 0 Å². The minimum Gasteiger partial charge on any atom is -0.362 e. The third kappa shape index (κ3) is 5.67. The molecule has 0 spiro atoms. The number of nitrogens with zero attached hydrogens (tertiary/aromatic N) is 3. The summed E-state index contributed by atoms with van der Waals surface area (Å²) < 4.78 is 1.08. The summed E-state index contributed by atoms with van der Waals surface area (Å²) in [5.74, 6) is 2.41. The molecule has 7 heteroatoms. The van der Waals surface area contributed by atoms with Crippen LogP contribution in [0.4, 0.5) is 11.8 Å². The molecule has 166 valence electrons. The summed E-state index contributed by atoms with van der Waals surface area (Å²) in [7, 11) is 4.13. The average molecular weight is 533 g/mol. The van der Waals surface area contributed by atoms with Gasteiger partial charge < -0.3 is 15.5 Å². The fourth-order valence-corrected chi connectivity index (χ4v) is 5.21. The number of nitrogens with one attached hydrogen (secondary N) is 2. The van der Waals surface area contributed by atoms with Crippen LogP contribution < -0.4 is 15.5 Å². The monoisotopic (exact) mass is 533 g/mol. The molecule has 0 radical (unpaired) electrons. The predicted molar refractivity (Wildman–Crippen MR) is 134 cm³/mol. The third-order valence-corrected chi connectivity index (χ3v) is 7.07. The van der Waals surface area contributed by atoms with E-state index in [1.54, 1.807) is 0 Å². The number of hydrogen-bond acceptors (Lipinski definition) is 5. The van der Waals surface area contributed by atoms with Crippen LogP contribution in [0.25, 0.3) is 0 Å². The highest BCUT2D eigenvalue weighted by Crippen LogP contribution is 2.30. The first kappa shape index (κ1) is 22.3. The van der Waals surface area contributed by atoms with E-state index in [-0.39, 0.29) is 5.91 Å². The zero-order valence-corrected chi connectivity index (χ0v) is 20.6. The van der Waals surface area contributed by atoms with E-state index in [0.717, 1.165) is 66.0 Å². The van der Waals surface area contributed by atoms with E-state index in [1.807, 2.05) is 24.3 Å². The van der Waals surface area contributed by atoms with E-state index in [0.29, 0.717) is 12.0 Å². The van der Waals surface area contributed by atoms with Gasteiger partial charge in [-0.3, -0.25) is 4.79 Å². The predicted octanol–water partition coefficient (Wildman–Crippen LogP) is 4.43. The quantitative estimate of drug-likeness (QED) is 0.538. The number of hydrogen-bond donors (Lipinski definition) is 2. The van der Waals surface area contributed by atoms with Gasteiger partial charge in [0.25, 0.3) is 5.91 Å². The van der Waals surface area contributed by atoms with Crippen LogP contribution in [0.5, 0.6) is 0 Å². The van der Waals surface area contributed by atoms with Crippen molar-refractivity contribution in [1.29, 1.82) is 0 Å². The van der Waals surface area contributed by atoms with Gasteiger partial charge in [0, 0.05) is 41.4 Å². The van der Waals surface area contributed by atoms with E-state index in [4.69, 9.17) is 9.97 Å². The van der Waals surface area contributed by atoms with Crippen LogP contribution in [0.1, 0.15) is 60.1 Å². The fourth-order valence-electron chi connectivity index (χ4n) is 4.67. The van der Waals surface area contributed by atoms with Crippen LogP contribution in [0, 0.1) is 9.49 Å². The van der Waals surface area contributed by atoms with E-state index in [1.165, 1.54) is 24.1 Å². The molecule has 0 saturated heterocycles. The average Bonchev–Trinajstić information content (AvgIpc) is 2.77. The lowest BCUT2D eigenvalue weighted by molar-refractivity contribution is 0.0943. The fraction of sp³-hybridized carbons (Fsp3) is 0.542. The molecule has 0 aliphatic heterocycles. The van der Waals surface area contributed by atoms with Gasteiger partial charge in [-0.2, -0.15) is 4.98 Å². The summed E-state index contributed by atoms with van der Waals surface area (Å²) in [6.45, 7) is 0.747. The highest BCUT2D eigenvalue weighted by atomic mass is 127. The van der Waals surface area contributed by atoms with Crippen LogP contribution in [0.15, 0.2) is 24.3 Å². The Morgan fingerprint density at radius 3 is 2.65 bits per heavy atom. The Morgan fingerprint density at radius 1 is 1.13 bits per heavy atom. The molecule has 1 aromatic carbocycles. The van der Waals surface area contributed by atoms with Gasteiger partial charge in [-0.05, 0) is 98.1 Å². The van der Waals surface area contributed by atoms with Crippen molar-refractivity contribution in [2.24, 2.45) is 5.92 Å². The zero-order valence-electron chi connectivity index (χ0n) is 18.5. The van der Waals surface area contributed by atoms with Gasteiger partial charge in [-0.15, -0.1) is 0 Å². The van der Waals surface area contributed by atoms with Gasteiger partial charge in [0.1, 0.15) is 5.82 Å². The molecule has 0 atom stereocenters. The topological polar surface area (TPSA) is 70.2 Å². The Bertz CT molecular complexity index is 924. The minimum atomic E-state index is 0.0254. The molecule has 1 fully saturated rings. The van der Waals surface area contributed by atoms with Crippen molar-refractivity contribution in [3.63, 3.8) is 0 Å². The lowest BCUT2D eigenvalue weighted by Crippen LogP contribution is -2.34. The van der Waals surface area contributed by atoms with Crippen LogP contribution in [-0.4, -0.2) is 42.6 Å². The van der Waals surface area contributed by atoms with Crippen molar-refractivity contribution in [2.45, 2.75) is 57.4 Å². The molecular formula is C24H32IN5O. The Labute approximate surface area is 198 Å². The maximum atomic E-state index is 12.4. The lowest BCUT2D eigenvalue weighted by Gasteiger charge is -2.30. The first-order valence-electron chi connectivity index (χ1n) is 11.4. The molecule has 2 aliphatic carbocycles. The molecule has 4 rings (SSSR count). The number of rotatable bonds is 6. The number of carbonyl (C=O) groups excluding carboxylic acids is 1. The van der Waals surface area contributed by atoms with Gasteiger partial charge in [-0.25, -0.2) is 4.98 Å². The molecule has 1 aromatic heterocycles. The van der Waals surface area contributed by atoms with Crippen molar-refractivity contribution >= 4 is 40.3 Å². The molecule has 2 aromatic rings. The van der Waals surface area contributed by atoms with Crippen molar-refractivity contribution in [3.05, 3.63) is 44.7 Å². The zero-order chi connectivity index (χ0) is 21.8. The van der Waals surface area contributed by atoms with Crippen molar-refractivity contribution in [1.82, 2.24) is 15.3 Å². The van der Waals surface area contributed by atoms with Gasteiger partial charge in [-0.1, -0.05) is 6.07 Å². The van der Waals surface area contributed by atoms with Crippen molar-refractivity contribution in [3.8, 4) is 0 Å². The van der Waals surface area contributed by atoms with Crippen LogP contribution in [0.2, 0.25) is 0 Å². The highest BCUT2D eigenvalue weighted by Gasteiger charge is 2.24. The van der Waals surface area contributed by atoms with Crippen LogP contribution >= 0.6 is 22.6 Å². The summed E-state index contributed by atoms with van der Waals surface area (Å²) >= 11 is 2.24. The summed E-state index contributed by atoms with van der Waals surface area (Å²) in [4.78, 5) is 24.2. The summed E-state index contributed by atoms with van der Waals surface area (Å²) in [6, 6.07) is 8.13. The molecule has 2 N–H and O–H groups in total. The highest BCUT2D eigenvalue weighted by molar-refractivity contribution is 14.1. The van der Waals surface area contributed by atoms with Gasteiger partial charge in [0.15, 0.2) is 0 Å². The molecule has 6 nitrogen and oxygen atoms in total. The number of aryl methyl sites for hydroxylation is 1. The van der Waals surface area contributed by atoms with E-state index in [9.17, 15) is 4.79 Å². The normalized spacial score (nSPS) is 20.6. The second-order valence-corrected chi connectivity index (χ2v) is 10.2. The Kier molecular flexibility index (Phi) is 7.30. The number of halogens is 1. The van der Waals surface area contributed by atoms with E-state index in [2.05, 4.69) is 52.2 Å². The molecule has 0 bridgehead atoms. The molecule has 1 amide bonds. The first-order chi connectivity index (χ1) is 15.0. The second-order valence-electron chi connectivity index (χ2n) is 8.98. The van der Waals surface area contributed by atoms with Gasteiger partial charge in [0.2, 0.25) is 5.95 Å². The van der Waals surface area contributed by atoms with Gasteiger partial charge >= 0.3 is 0 Å². The number of carbonyl (C=O) groups is 1. The molecule has 1 heterocycles. The lowest BCUT2D eigenvalue weighted by atomic mass is 9.86. The standard InChI is InChI=1S/C24H32IN5O/c1-30(2)22-20-8-3-4-9-21(20)28-24(29-22)27-19-12-10-16(11-13-19)15-26-23(31)17-6-5-7-18(25)14-17/h5-7,14,16,19H,3-4,8-13,15H2,1-2H3,(H,26,31)(H,27,28,29)/t16-,19+. The molecule has 31 heavy (non-hydrogen) atoms.